The number of nitrogens with zero attached hydrogens (tertiary/aromatic N) is 2. The smallest absolute Gasteiger partial charge is 0.161 e. The van der Waals surface area contributed by atoms with Crippen LogP contribution in [0.1, 0.15) is 30.4 Å². The second kappa shape index (κ2) is 11.2. The summed E-state index contributed by atoms with van der Waals surface area (Å²) < 4.78 is 11.4. The van der Waals surface area contributed by atoms with Gasteiger partial charge in [-0.1, -0.05) is 42.8 Å². The van der Waals surface area contributed by atoms with Crippen LogP contribution in [0, 0.1) is 0 Å². The first kappa shape index (κ1) is 21.6. The van der Waals surface area contributed by atoms with E-state index in [4.69, 9.17) is 9.47 Å². The lowest BCUT2D eigenvalue weighted by atomic mass is 10.1. The topological polar surface area (TPSA) is 45.2 Å². The largest absolute Gasteiger partial charge is 0.493 e. The van der Waals surface area contributed by atoms with Crippen LogP contribution in [0.5, 0.6) is 11.5 Å². The number of ether oxygens (including phenoxy) is 2. The van der Waals surface area contributed by atoms with Crippen molar-refractivity contribution in [2.24, 2.45) is 0 Å². The lowest BCUT2D eigenvalue weighted by Gasteiger charge is -2.26. The van der Waals surface area contributed by atoms with Crippen molar-refractivity contribution in [3.63, 3.8) is 0 Å². The molecule has 0 radical (unpaired) electrons. The van der Waals surface area contributed by atoms with Gasteiger partial charge in [0.2, 0.25) is 0 Å². The van der Waals surface area contributed by atoms with E-state index in [0.29, 0.717) is 18.0 Å². The van der Waals surface area contributed by atoms with Crippen LogP contribution in [0.2, 0.25) is 0 Å². The van der Waals surface area contributed by atoms with Gasteiger partial charge in [-0.15, -0.1) is 0 Å². The first-order valence-corrected chi connectivity index (χ1v) is 10.6. The first-order valence-electron chi connectivity index (χ1n) is 10.6. The zero-order valence-corrected chi connectivity index (χ0v) is 17.7. The molecule has 2 aromatic carbocycles. The summed E-state index contributed by atoms with van der Waals surface area (Å²) in [5.41, 5.74) is 2.45. The molecule has 0 spiro atoms. The molecule has 0 aliphatic carbocycles. The standard InChI is InChI=1S/C24H34N2O3/c1-25(16-20-9-5-3-6-10-20)18-22(27)19-29-24-15-21(11-12-23(24)28-2)17-26-13-7-4-8-14-26/h3,5-6,9-12,15,22,27H,4,7-8,13-14,16-19H2,1-2H3/t22-/m0/s1. The fourth-order valence-corrected chi connectivity index (χ4v) is 3.87. The summed E-state index contributed by atoms with van der Waals surface area (Å²) in [4.78, 5) is 4.59. The molecule has 1 atom stereocenters. The van der Waals surface area contributed by atoms with E-state index >= 15 is 0 Å². The molecule has 29 heavy (non-hydrogen) atoms. The number of piperidine rings is 1. The molecule has 1 aliphatic heterocycles. The maximum atomic E-state index is 10.4. The third-order valence-corrected chi connectivity index (χ3v) is 5.33. The fraction of sp³-hybridized carbons (Fsp3) is 0.500. The Labute approximate surface area is 174 Å². The van der Waals surface area contributed by atoms with Gasteiger partial charge in [0.05, 0.1) is 7.11 Å². The normalized spacial score (nSPS) is 16.0. The molecule has 0 saturated carbocycles. The third kappa shape index (κ3) is 7.03. The van der Waals surface area contributed by atoms with Crippen molar-refractivity contribution in [2.75, 3.05) is 40.4 Å². The van der Waals surface area contributed by atoms with Gasteiger partial charge in [-0.05, 0) is 56.2 Å². The van der Waals surface area contributed by atoms with E-state index in [9.17, 15) is 5.11 Å². The Morgan fingerprint density at radius 1 is 1.00 bits per heavy atom. The van der Waals surface area contributed by atoms with Crippen molar-refractivity contribution in [2.45, 2.75) is 38.5 Å². The molecule has 0 amide bonds. The van der Waals surface area contributed by atoms with Gasteiger partial charge in [0.1, 0.15) is 12.7 Å². The second-order valence-corrected chi connectivity index (χ2v) is 7.97. The van der Waals surface area contributed by atoms with Crippen LogP contribution >= 0.6 is 0 Å². The van der Waals surface area contributed by atoms with Gasteiger partial charge in [0.15, 0.2) is 11.5 Å². The molecular formula is C24H34N2O3. The monoisotopic (exact) mass is 398 g/mol. The Morgan fingerprint density at radius 2 is 1.76 bits per heavy atom. The second-order valence-electron chi connectivity index (χ2n) is 7.97. The van der Waals surface area contributed by atoms with Crippen LogP contribution in [0.15, 0.2) is 48.5 Å². The van der Waals surface area contributed by atoms with Crippen LogP contribution in [0.3, 0.4) is 0 Å². The van der Waals surface area contributed by atoms with E-state index in [1.165, 1.54) is 30.4 Å². The minimum atomic E-state index is -0.570. The molecule has 0 aromatic heterocycles. The number of hydrogen-bond acceptors (Lipinski definition) is 5. The van der Waals surface area contributed by atoms with E-state index in [1.54, 1.807) is 7.11 Å². The number of methoxy groups -OCH3 is 1. The van der Waals surface area contributed by atoms with Gasteiger partial charge < -0.3 is 14.6 Å². The number of aliphatic hydroxyl groups is 1. The number of benzene rings is 2. The highest BCUT2D eigenvalue weighted by atomic mass is 16.5. The number of aliphatic hydroxyl groups excluding tert-OH is 1. The Bertz CT molecular complexity index is 732. The van der Waals surface area contributed by atoms with Crippen molar-refractivity contribution < 1.29 is 14.6 Å². The van der Waals surface area contributed by atoms with Crippen LogP contribution in [-0.2, 0) is 13.1 Å². The van der Waals surface area contributed by atoms with Crippen molar-refractivity contribution >= 4 is 0 Å². The summed E-state index contributed by atoms with van der Waals surface area (Å²) in [6, 6.07) is 16.4. The van der Waals surface area contributed by atoms with Gasteiger partial charge in [-0.2, -0.15) is 0 Å². The Balaban J connectivity index is 1.51. The molecular weight excluding hydrogens is 364 g/mol. The molecule has 0 bridgehead atoms. The number of hydrogen-bond donors (Lipinski definition) is 1. The first-order chi connectivity index (χ1) is 14.1. The lowest BCUT2D eigenvalue weighted by Crippen LogP contribution is -2.32. The molecule has 2 aromatic rings. The van der Waals surface area contributed by atoms with E-state index < -0.39 is 6.10 Å². The molecule has 1 N–H and O–H groups in total. The van der Waals surface area contributed by atoms with Crippen molar-refractivity contribution in [1.82, 2.24) is 9.80 Å². The maximum Gasteiger partial charge on any atom is 0.161 e. The molecule has 5 nitrogen and oxygen atoms in total. The molecule has 1 heterocycles. The summed E-state index contributed by atoms with van der Waals surface area (Å²) >= 11 is 0. The highest BCUT2D eigenvalue weighted by Gasteiger charge is 2.14. The van der Waals surface area contributed by atoms with Crippen LogP contribution in [0.4, 0.5) is 0 Å². The van der Waals surface area contributed by atoms with E-state index in [0.717, 1.165) is 26.2 Å². The van der Waals surface area contributed by atoms with Crippen molar-refractivity contribution in [1.29, 1.82) is 0 Å². The number of rotatable bonds is 10. The summed E-state index contributed by atoms with van der Waals surface area (Å²) in [6.07, 6.45) is 3.33. The highest BCUT2D eigenvalue weighted by Crippen LogP contribution is 2.29. The van der Waals surface area contributed by atoms with Crippen molar-refractivity contribution in [3.8, 4) is 11.5 Å². The van der Waals surface area contributed by atoms with Crippen LogP contribution in [-0.4, -0.2) is 61.4 Å². The lowest BCUT2D eigenvalue weighted by molar-refractivity contribution is 0.0732. The zero-order chi connectivity index (χ0) is 20.5. The molecule has 0 unspecified atom stereocenters. The maximum absolute atomic E-state index is 10.4. The van der Waals surface area contributed by atoms with Gasteiger partial charge in [0.25, 0.3) is 0 Å². The SMILES string of the molecule is COc1ccc(CN2CCCCC2)cc1OC[C@@H](O)CN(C)Cc1ccccc1. The van der Waals surface area contributed by atoms with Gasteiger partial charge in [-0.3, -0.25) is 9.80 Å². The minimum Gasteiger partial charge on any atom is -0.493 e. The summed E-state index contributed by atoms with van der Waals surface area (Å²) in [7, 11) is 3.66. The average molecular weight is 399 g/mol. The van der Waals surface area contributed by atoms with E-state index in [1.807, 2.05) is 37.4 Å². The molecule has 158 valence electrons. The quantitative estimate of drug-likeness (QED) is 0.663. The van der Waals surface area contributed by atoms with E-state index in [2.05, 4.69) is 28.0 Å². The van der Waals surface area contributed by atoms with Gasteiger partial charge in [0, 0.05) is 19.6 Å². The van der Waals surface area contributed by atoms with Crippen molar-refractivity contribution in [3.05, 3.63) is 59.7 Å². The summed E-state index contributed by atoms with van der Waals surface area (Å²) in [5.74, 6) is 1.41. The molecule has 5 heteroatoms. The number of likely N-dealkylation sites (tertiary alicyclic amines) is 1. The molecule has 1 aliphatic rings. The summed E-state index contributed by atoms with van der Waals surface area (Å²) in [6.45, 7) is 4.84. The third-order valence-electron chi connectivity index (χ3n) is 5.33. The van der Waals surface area contributed by atoms with Crippen LogP contribution in [0.25, 0.3) is 0 Å². The zero-order valence-electron chi connectivity index (χ0n) is 17.7. The molecule has 1 saturated heterocycles. The van der Waals surface area contributed by atoms with E-state index in [-0.39, 0.29) is 6.61 Å². The number of likely N-dealkylation sites (N-methyl/N-ethyl adjacent to an activating group) is 1. The summed E-state index contributed by atoms with van der Waals surface area (Å²) in [5, 5.41) is 10.4. The Kier molecular flexibility index (Phi) is 8.35. The Hall–Kier alpha value is -2.08. The van der Waals surface area contributed by atoms with Gasteiger partial charge >= 0.3 is 0 Å². The predicted molar refractivity (Wildman–Crippen MR) is 116 cm³/mol. The minimum absolute atomic E-state index is 0.239. The fourth-order valence-electron chi connectivity index (χ4n) is 3.87. The van der Waals surface area contributed by atoms with Crippen LogP contribution < -0.4 is 9.47 Å². The highest BCUT2D eigenvalue weighted by molar-refractivity contribution is 5.43. The molecule has 1 fully saturated rings. The average Bonchev–Trinajstić information content (AvgIpc) is 2.74. The predicted octanol–water partition coefficient (Wildman–Crippen LogP) is 3.55. The van der Waals surface area contributed by atoms with Gasteiger partial charge in [-0.25, -0.2) is 0 Å². The molecule has 3 rings (SSSR count). The Morgan fingerprint density at radius 3 is 2.48 bits per heavy atom.